The maximum Gasteiger partial charge on any atom is 0.270 e. The number of nitrogens with one attached hydrogen (secondary N) is 1. The summed E-state index contributed by atoms with van der Waals surface area (Å²) < 4.78 is 0. The fraction of sp³-hybridized carbons (Fsp3) is 0.0833. The molecule has 2 heterocycles. The normalized spacial score (nSPS) is 10.4. The molecular formula is C24H21N5O. The average Bonchev–Trinajstić information content (AvgIpc) is 2.83. The molecular weight excluding hydrogens is 374 g/mol. The fourth-order valence-corrected chi connectivity index (χ4v) is 3.06. The number of rotatable bonds is 7. The van der Waals surface area contributed by atoms with Crippen LogP contribution in [0.15, 0.2) is 97.5 Å². The Kier molecular flexibility index (Phi) is 6.05. The van der Waals surface area contributed by atoms with E-state index in [2.05, 4.69) is 37.3 Å². The van der Waals surface area contributed by atoms with Crippen molar-refractivity contribution in [2.75, 3.05) is 4.90 Å². The van der Waals surface area contributed by atoms with Crippen LogP contribution in [-0.4, -0.2) is 20.9 Å². The van der Waals surface area contributed by atoms with Crippen LogP contribution in [0.3, 0.4) is 0 Å². The van der Waals surface area contributed by atoms with Crippen molar-refractivity contribution in [3.05, 3.63) is 114 Å². The molecule has 0 aliphatic carbocycles. The van der Waals surface area contributed by atoms with Crippen LogP contribution in [0.4, 0.5) is 11.5 Å². The number of hydrogen-bond acceptors (Lipinski definition) is 5. The summed E-state index contributed by atoms with van der Waals surface area (Å²) in [5.74, 6) is 0.389. The minimum absolute atomic E-state index is 0.267. The van der Waals surface area contributed by atoms with E-state index in [4.69, 9.17) is 0 Å². The fourth-order valence-electron chi connectivity index (χ4n) is 3.06. The molecule has 2 aromatic heterocycles. The van der Waals surface area contributed by atoms with Crippen LogP contribution < -0.4 is 10.2 Å². The van der Waals surface area contributed by atoms with Gasteiger partial charge in [-0.3, -0.25) is 9.78 Å². The molecule has 0 saturated carbocycles. The van der Waals surface area contributed by atoms with E-state index in [9.17, 15) is 4.79 Å². The molecule has 6 heteroatoms. The second kappa shape index (κ2) is 9.43. The zero-order valence-corrected chi connectivity index (χ0v) is 16.3. The zero-order chi connectivity index (χ0) is 20.6. The van der Waals surface area contributed by atoms with E-state index in [-0.39, 0.29) is 5.91 Å². The smallest absolute Gasteiger partial charge is 0.270 e. The van der Waals surface area contributed by atoms with Gasteiger partial charge in [-0.1, -0.05) is 54.6 Å². The van der Waals surface area contributed by atoms with E-state index in [1.54, 1.807) is 12.3 Å². The summed E-state index contributed by atoms with van der Waals surface area (Å²) in [6.45, 7) is 0.961. The summed E-state index contributed by atoms with van der Waals surface area (Å²) in [5.41, 5.74) is 3.22. The Balaban J connectivity index is 1.57. The van der Waals surface area contributed by atoms with Crippen LogP contribution in [0.2, 0.25) is 0 Å². The highest BCUT2D eigenvalue weighted by molar-refractivity contribution is 5.93. The van der Waals surface area contributed by atoms with Gasteiger partial charge in [-0.25, -0.2) is 9.97 Å². The highest BCUT2D eigenvalue weighted by Crippen LogP contribution is 2.25. The number of carbonyl (C=O) groups excluding carboxylic acids is 1. The Morgan fingerprint density at radius 3 is 2.30 bits per heavy atom. The van der Waals surface area contributed by atoms with Crippen LogP contribution in [0.1, 0.15) is 21.7 Å². The predicted octanol–water partition coefficient (Wildman–Crippen LogP) is 4.14. The van der Waals surface area contributed by atoms with Gasteiger partial charge in [0.15, 0.2) is 0 Å². The lowest BCUT2D eigenvalue weighted by Gasteiger charge is -2.24. The van der Waals surface area contributed by atoms with E-state index in [1.807, 2.05) is 66.7 Å². The van der Waals surface area contributed by atoms with Gasteiger partial charge in [0.1, 0.15) is 17.8 Å². The van der Waals surface area contributed by atoms with E-state index in [0.29, 0.717) is 24.6 Å². The van der Waals surface area contributed by atoms with Crippen LogP contribution in [0.25, 0.3) is 0 Å². The van der Waals surface area contributed by atoms with Gasteiger partial charge >= 0.3 is 0 Å². The van der Waals surface area contributed by atoms with Crippen molar-refractivity contribution in [2.24, 2.45) is 0 Å². The molecule has 1 amide bonds. The molecule has 1 N–H and O–H groups in total. The van der Waals surface area contributed by atoms with Crippen molar-refractivity contribution in [1.82, 2.24) is 20.3 Å². The maximum absolute atomic E-state index is 12.6. The van der Waals surface area contributed by atoms with Gasteiger partial charge in [-0.15, -0.1) is 0 Å². The summed E-state index contributed by atoms with van der Waals surface area (Å²) >= 11 is 0. The lowest BCUT2D eigenvalue weighted by atomic mass is 10.2. The number of aromatic nitrogens is 3. The van der Waals surface area contributed by atoms with Gasteiger partial charge in [0.05, 0.1) is 12.2 Å². The van der Waals surface area contributed by atoms with Gasteiger partial charge in [0, 0.05) is 24.5 Å². The number of nitrogens with zero attached hydrogens (tertiary/aromatic N) is 4. The molecule has 6 nitrogen and oxygen atoms in total. The molecule has 0 saturated heterocycles. The third kappa shape index (κ3) is 4.86. The van der Waals surface area contributed by atoms with E-state index < -0.39 is 0 Å². The third-order valence-electron chi connectivity index (χ3n) is 4.57. The molecule has 4 aromatic rings. The van der Waals surface area contributed by atoms with Crippen LogP contribution in [0, 0.1) is 0 Å². The summed E-state index contributed by atoms with van der Waals surface area (Å²) in [6, 6.07) is 27.4. The van der Waals surface area contributed by atoms with Crippen molar-refractivity contribution in [3.63, 3.8) is 0 Å². The monoisotopic (exact) mass is 395 g/mol. The highest BCUT2D eigenvalue weighted by Gasteiger charge is 2.15. The van der Waals surface area contributed by atoms with Crippen molar-refractivity contribution >= 4 is 17.4 Å². The Hall–Kier alpha value is -4.06. The average molecular weight is 395 g/mol. The Labute approximate surface area is 175 Å². The van der Waals surface area contributed by atoms with Crippen LogP contribution >= 0.6 is 0 Å². The summed E-state index contributed by atoms with van der Waals surface area (Å²) in [7, 11) is 0. The quantitative estimate of drug-likeness (QED) is 0.509. The SMILES string of the molecule is O=C(NCc1ccccn1)c1cc(N(Cc2ccccc2)c2ccccc2)ncn1. The Morgan fingerprint density at radius 1 is 0.833 bits per heavy atom. The van der Waals surface area contributed by atoms with Crippen molar-refractivity contribution in [1.29, 1.82) is 0 Å². The van der Waals surface area contributed by atoms with Gasteiger partial charge < -0.3 is 10.2 Å². The summed E-state index contributed by atoms with van der Waals surface area (Å²) in [4.78, 5) is 27.5. The first kappa shape index (κ1) is 19.3. The van der Waals surface area contributed by atoms with Crippen LogP contribution in [-0.2, 0) is 13.1 Å². The third-order valence-corrected chi connectivity index (χ3v) is 4.57. The molecule has 0 fully saturated rings. The topological polar surface area (TPSA) is 71.0 Å². The molecule has 4 rings (SSSR count). The largest absolute Gasteiger partial charge is 0.345 e. The van der Waals surface area contributed by atoms with Crippen molar-refractivity contribution < 1.29 is 4.79 Å². The molecule has 0 radical (unpaired) electrons. The number of carbonyl (C=O) groups is 1. The molecule has 2 aromatic carbocycles. The van der Waals surface area contributed by atoms with Gasteiger partial charge in [0.25, 0.3) is 5.91 Å². The molecule has 30 heavy (non-hydrogen) atoms. The maximum atomic E-state index is 12.6. The van der Waals surface area contributed by atoms with Crippen LogP contribution in [0.5, 0.6) is 0 Å². The number of anilines is 2. The molecule has 0 aliphatic heterocycles. The number of pyridine rings is 1. The Bertz CT molecular complexity index is 1090. The number of para-hydroxylation sites is 1. The molecule has 0 atom stereocenters. The first-order chi connectivity index (χ1) is 14.8. The predicted molar refractivity (Wildman–Crippen MR) is 116 cm³/mol. The van der Waals surface area contributed by atoms with Crippen molar-refractivity contribution in [3.8, 4) is 0 Å². The Morgan fingerprint density at radius 2 is 1.57 bits per heavy atom. The molecule has 148 valence electrons. The number of hydrogen-bond donors (Lipinski definition) is 1. The zero-order valence-electron chi connectivity index (χ0n) is 16.3. The summed E-state index contributed by atoms with van der Waals surface area (Å²) in [6.07, 6.45) is 3.12. The first-order valence-electron chi connectivity index (χ1n) is 9.66. The molecule has 0 aliphatic rings. The van der Waals surface area contributed by atoms with Gasteiger partial charge in [0.2, 0.25) is 0 Å². The minimum Gasteiger partial charge on any atom is -0.345 e. The molecule has 0 unspecified atom stereocenters. The molecule has 0 spiro atoms. The van der Waals surface area contributed by atoms with Crippen molar-refractivity contribution in [2.45, 2.75) is 13.1 Å². The lowest BCUT2D eigenvalue weighted by Crippen LogP contribution is -2.25. The highest BCUT2D eigenvalue weighted by atomic mass is 16.1. The molecule has 0 bridgehead atoms. The van der Waals surface area contributed by atoms with Gasteiger partial charge in [-0.2, -0.15) is 0 Å². The summed E-state index contributed by atoms with van der Waals surface area (Å²) in [5, 5.41) is 2.86. The van der Waals surface area contributed by atoms with Gasteiger partial charge in [-0.05, 0) is 29.8 Å². The second-order valence-corrected chi connectivity index (χ2v) is 6.67. The minimum atomic E-state index is -0.267. The van der Waals surface area contributed by atoms with E-state index >= 15 is 0 Å². The number of benzene rings is 2. The van der Waals surface area contributed by atoms with E-state index in [0.717, 1.165) is 16.9 Å². The standard InChI is InChI=1S/C24H21N5O/c30-24(26-16-20-11-7-8-14-25-20)22-15-23(28-18-27-22)29(21-12-5-2-6-13-21)17-19-9-3-1-4-10-19/h1-15,18H,16-17H2,(H,26,30). The number of amides is 1. The lowest BCUT2D eigenvalue weighted by molar-refractivity contribution is 0.0945. The van der Waals surface area contributed by atoms with E-state index in [1.165, 1.54) is 6.33 Å². The first-order valence-corrected chi connectivity index (χ1v) is 9.66. The second-order valence-electron chi connectivity index (χ2n) is 6.67.